The monoisotopic (exact) mass is 537 g/mol. The van der Waals surface area contributed by atoms with Crippen LogP contribution in [0.3, 0.4) is 0 Å². The highest BCUT2D eigenvalue weighted by Gasteiger charge is 2.38. The fourth-order valence-corrected chi connectivity index (χ4v) is 4.02. The first-order valence-corrected chi connectivity index (χ1v) is 12.3. The molecule has 0 fully saturated rings. The molecular weight excluding hydrogens is 511 g/mol. The average Bonchev–Trinajstić information content (AvgIpc) is 2.93. The van der Waals surface area contributed by atoms with Crippen molar-refractivity contribution in [3.63, 3.8) is 0 Å². The number of nitrogens with one attached hydrogen (secondary N) is 1. The summed E-state index contributed by atoms with van der Waals surface area (Å²) in [6.07, 6.45) is -4.02. The predicted molar refractivity (Wildman–Crippen MR) is 141 cm³/mol. The maximum atomic E-state index is 12.4. The summed E-state index contributed by atoms with van der Waals surface area (Å²) in [5.41, 5.74) is 2.90. The van der Waals surface area contributed by atoms with Crippen molar-refractivity contribution in [2.24, 2.45) is 0 Å². The second-order valence-corrected chi connectivity index (χ2v) is 8.76. The lowest BCUT2D eigenvalue weighted by atomic mass is 10.0. The summed E-state index contributed by atoms with van der Waals surface area (Å²) in [5, 5.41) is 12.7. The van der Waals surface area contributed by atoms with Crippen LogP contribution in [0.1, 0.15) is 22.3 Å². The number of rotatable bonds is 11. The molecule has 0 aliphatic rings. The van der Waals surface area contributed by atoms with Gasteiger partial charge in [0.25, 0.3) is 0 Å². The van der Waals surface area contributed by atoms with Gasteiger partial charge in [-0.25, -0.2) is 4.79 Å². The SMILES string of the molecule is O=C(O)c1ccc(-c2ccc(OCCCOc3ccc4cccc(CCNC(=O)C(F)(F)F)c4c3)cc2)cc1. The molecule has 0 saturated heterocycles. The lowest BCUT2D eigenvalue weighted by molar-refractivity contribution is -0.173. The molecule has 0 atom stereocenters. The van der Waals surface area contributed by atoms with Gasteiger partial charge in [-0.15, -0.1) is 0 Å². The molecule has 4 aromatic rings. The molecule has 0 bridgehead atoms. The zero-order chi connectivity index (χ0) is 27.8. The van der Waals surface area contributed by atoms with E-state index in [4.69, 9.17) is 14.6 Å². The number of hydrogen-bond acceptors (Lipinski definition) is 4. The summed E-state index contributed by atoms with van der Waals surface area (Å²) < 4.78 is 48.9. The lowest BCUT2D eigenvalue weighted by Gasteiger charge is -2.12. The van der Waals surface area contributed by atoms with Gasteiger partial charge in [-0.3, -0.25) is 4.79 Å². The van der Waals surface area contributed by atoms with Crippen LogP contribution in [0, 0.1) is 0 Å². The maximum Gasteiger partial charge on any atom is 0.471 e. The standard InChI is InChI=1S/C30H26F3NO5/c31-30(32,33)29(37)34-16-15-23-4-1-3-22-11-14-26(19-27(22)23)39-18-2-17-38-25-12-9-21(10-13-25)20-5-7-24(8-6-20)28(35)36/h1,3-14,19H,2,15-18H2,(H,34,37)(H,35,36). The Hall–Kier alpha value is -4.53. The van der Waals surface area contributed by atoms with Crippen LogP contribution in [0.15, 0.2) is 84.9 Å². The molecule has 4 rings (SSSR count). The minimum Gasteiger partial charge on any atom is -0.493 e. The Kier molecular flexibility index (Phi) is 8.70. The quantitative estimate of drug-likeness (QED) is 0.220. The maximum absolute atomic E-state index is 12.4. The molecule has 0 unspecified atom stereocenters. The summed E-state index contributed by atoms with van der Waals surface area (Å²) >= 11 is 0. The van der Waals surface area contributed by atoms with Crippen LogP contribution < -0.4 is 14.8 Å². The number of hydrogen-bond donors (Lipinski definition) is 2. The van der Waals surface area contributed by atoms with Crippen LogP contribution in [-0.4, -0.2) is 42.9 Å². The Bertz CT molecular complexity index is 1430. The Labute approximate surface area is 223 Å². The number of halogens is 3. The molecule has 0 heterocycles. The Morgan fingerprint density at radius 1 is 0.795 bits per heavy atom. The number of ether oxygens (including phenoxy) is 2. The molecule has 39 heavy (non-hydrogen) atoms. The highest BCUT2D eigenvalue weighted by molar-refractivity contribution is 5.88. The minimum atomic E-state index is -4.90. The van der Waals surface area contributed by atoms with Crippen molar-refractivity contribution < 1.29 is 37.3 Å². The third kappa shape index (κ3) is 7.50. The third-order valence-electron chi connectivity index (χ3n) is 6.03. The van der Waals surface area contributed by atoms with Gasteiger partial charge in [0.15, 0.2) is 0 Å². The average molecular weight is 538 g/mol. The summed E-state index contributed by atoms with van der Waals surface area (Å²) in [6, 6.07) is 25.3. The van der Waals surface area contributed by atoms with Crippen LogP contribution in [-0.2, 0) is 11.2 Å². The zero-order valence-corrected chi connectivity index (χ0v) is 20.8. The highest BCUT2D eigenvalue weighted by atomic mass is 19.4. The van der Waals surface area contributed by atoms with Gasteiger partial charge >= 0.3 is 18.1 Å². The van der Waals surface area contributed by atoms with Crippen LogP contribution in [0.25, 0.3) is 21.9 Å². The molecule has 6 nitrogen and oxygen atoms in total. The zero-order valence-electron chi connectivity index (χ0n) is 20.8. The fraction of sp³-hybridized carbons (Fsp3) is 0.200. The predicted octanol–water partition coefficient (Wildman–Crippen LogP) is 6.27. The van der Waals surface area contributed by atoms with E-state index in [0.717, 1.165) is 27.5 Å². The van der Waals surface area contributed by atoms with E-state index in [9.17, 15) is 22.8 Å². The molecular formula is C30H26F3NO5. The van der Waals surface area contributed by atoms with Gasteiger partial charge in [0.05, 0.1) is 18.8 Å². The van der Waals surface area contributed by atoms with E-state index >= 15 is 0 Å². The Morgan fingerprint density at radius 3 is 2.05 bits per heavy atom. The van der Waals surface area contributed by atoms with E-state index in [1.807, 2.05) is 66.0 Å². The van der Waals surface area contributed by atoms with Gasteiger partial charge in [0, 0.05) is 13.0 Å². The number of carboxylic acid groups (broad SMARTS) is 1. The molecule has 0 aromatic heterocycles. The van der Waals surface area contributed by atoms with Crippen molar-refractivity contribution in [2.75, 3.05) is 19.8 Å². The summed E-state index contributed by atoms with van der Waals surface area (Å²) in [5.74, 6) is -1.58. The minimum absolute atomic E-state index is 0.127. The van der Waals surface area contributed by atoms with Crippen molar-refractivity contribution in [1.29, 1.82) is 0 Å². The van der Waals surface area contributed by atoms with Gasteiger partial charge in [-0.1, -0.05) is 48.5 Å². The van der Waals surface area contributed by atoms with Crippen LogP contribution in [0.2, 0.25) is 0 Å². The van der Waals surface area contributed by atoms with Gasteiger partial charge in [0.2, 0.25) is 0 Å². The number of alkyl halides is 3. The molecule has 0 aliphatic carbocycles. The Balaban J connectivity index is 1.25. The first-order valence-electron chi connectivity index (χ1n) is 12.3. The molecule has 0 radical (unpaired) electrons. The number of aromatic carboxylic acids is 1. The van der Waals surface area contributed by atoms with Crippen LogP contribution >= 0.6 is 0 Å². The molecule has 2 N–H and O–H groups in total. The second-order valence-electron chi connectivity index (χ2n) is 8.76. The van der Waals surface area contributed by atoms with Crippen LogP contribution in [0.4, 0.5) is 13.2 Å². The van der Waals surface area contributed by atoms with E-state index < -0.39 is 18.1 Å². The summed E-state index contributed by atoms with van der Waals surface area (Å²) in [7, 11) is 0. The van der Waals surface area contributed by atoms with Gasteiger partial charge in [-0.05, 0) is 70.3 Å². The number of carbonyl (C=O) groups excluding carboxylic acids is 1. The number of carboxylic acids is 1. The van der Waals surface area contributed by atoms with Crippen LogP contribution in [0.5, 0.6) is 11.5 Å². The normalized spacial score (nSPS) is 11.3. The molecule has 0 saturated carbocycles. The largest absolute Gasteiger partial charge is 0.493 e. The third-order valence-corrected chi connectivity index (χ3v) is 6.03. The first-order chi connectivity index (χ1) is 18.7. The smallest absolute Gasteiger partial charge is 0.471 e. The lowest BCUT2D eigenvalue weighted by Crippen LogP contribution is -2.37. The summed E-state index contributed by atoms with van der Waals surface area (Å²) in [6.45, 7) is 0.714. The number of fused-ring (bicyclic) bond motifs is 1. The highest BCUT2D eigenvalue weighted by Crippen LogP contribution is 2.26. The Morgan fingerprint density at radius 2 is 1.41 bits per heavy atom. The van der Waals surface area contributed by atoms with E-state index in [0.29, 0.717) is 31.1 Å². The molecule has 0 spiro atoms. The van der Waals surface area contributed by atoms with Gasteiger partial charge < -0.3 is 19.9 Å². The molecule has 9 heteroatoms. The molecule has 202 valence electrons. The van der Waals surface area contributed by atoms with E-state index in [1.165, 1.54) is 0 Å². The number of amides is 1. The summed E-state index contributed by atoms with van der Waals surface area (Å²) in [4.78, 5) is 22.1. The van der Waals surface area contributed by atoms with E-state index in [-0.39, 0.29) is 18.5 Å². The van der Waals surface area contributed by atoms with Crippen molar-refractivity contribution in [2.45, 2.75) is 19.0 Å². The van der Waals surface area contributed by atoms with Gasteiger partial charge in [-0.2, -0.15) is 13.2 Å². The topological polar surface area (TPSA) is 84.9 Å². The fourth-order valence-electron chi connectivity index (χ4n) is 4.02. The first kappa shape index (κ1) is 27.5. The molecule has 1 amide bonds. The van der Waals surface area contributed by atoms with E-state index in [2.05, 4.69) is 0 Å². The van der Waals surface area contributed by atoms with Crippen molar-refractivity contribution >= 4 is 22.6 Å². The van der Waals surface area contributed by atoms with Crippen molar-refractivity contribution in [3.8, 4) is 22.6 Å². The second kappa shape index (κ2) is 12.3. The van der Waals surface area contributed by atoms with Gasteiger partial charge in [0.1, 0.15) is 11.5 Å². The molecule has 0 aliphatic heterocycles. The molecule has 4 aromatic carbocycles. The van der Waals surface area contributed by atoms with Crippen molar-refractivity contribution in [3.05, 3.63) is 96.1 Å². The number of benzene rings is 4. The van der Waals surface area contributed by atoms with E-state index in [1.54, 1.807) is 24.3 Å². The number of carbonyl (C=O) groups is 2. The van der Waals surface area contributed by atoms with Crippen molar-refractivity contribution in [1.82, 2.24) is 5.32 Å².